The smallest absolute Gasteiger partial charge is 0.238 e. The van der Waals surface area contributed by atoms with Gasteiger partial charge in [-0.25, -0.2) is 13.6 Å². The van der Waals surface area contributed by atoms with Gasteiger partial charge in [0.15, 0.2) is 0 Å². The van der Waals surface area contributed by atoms with E-state index in [9.17, 15) is 13.2 Å². The van der Waals surface area contributed by atoms with Crippen LogP contribution in [0.2, 0.25) is 0 Å². The molecule has 1 unspecified atom stereocenters. The van der Waals surface area contributed by atoms with E-state index in [1.165, 1.54) is 36.0 Å². The summed E-state index contributed by atoms with van der Waals surface area (Å²) in [6.45, 7) is 1.81. The predicted octanol–water partition coefficient (Wildman–Crippen LogP) is 2.45. The molecule has 0 saturated heterocycles. The van der Waals surface area contributed by atoms with Gasteiger partial charge in [-0.2, -0.15) is 0 Å². The largest absolute Gasteiger partial charge is 0.325 e. The Kier molecular flexibility index (Phi) is 5.23. The van der Waals surface area contributed by atoms with E-state index < -0.39 is 10.0 Å². The van der Waals surface area contributed by atoms with E-state index in [0.29, 0.717) is 5.69 Å². The SMILES string of the molecule is CC(Sc1ccccc1)C(=O)Nc1ccc(S(N)(=O)=O)cc1. The number of carbonyl (C=O) groups is 1. The Morgan fingerprint density at radius 2 is 1.68 bits per heavy atom. The number of nitrogens with two attached hydrogens (primary N) is 1. The number of hydrogen-bond donors (Lipinski definition) is 2. The number of amides is 1. The minimum absolute atomic E-state index is 0.0113. The van der Waals surface area contributed by atoms with Crippen molar-refractivity contribution in [2.75, 3.05) is 5.32 Å². The highest BCUT2D eigenvalue weighted by Crippen LogP contribution is 2.23. The molecule has 1 atom stereocenters. The molecule has 22 heavy (non-hydrogen) atoms. The van der Waals surface area contributed by atoms with Crippen molar-refractivity contribution in [3.8, 4) is 0 Å². The van der Waals surface area contributed by atoms with Crippen molar-refractivity contribution in [3.63, 3.8) is 0 Å². The van der Waals surface area contributed by atoms with E-state index in [-0.39, 0.29) is 16.1 Å². The summed E-state index contributed by atoms with van der Waals surface area (Å²) in [5.41, 5.74) is 0.526. The third kappa shape index (κ3) is 4.59. The Labute approximate surface area is 134 Å². The second-order valence-corrected chi connectivity index (χ2v) is 7.61. The van der Waals surface area contributed by atoms with Crippen LogP contribution in [-0.2, 0) is 14.8 Å². The van der Waals surface area contributed by atoms with E-state index in [1.54, 1.807) is 0 Å². The van der Waals surface area contributed by atoms with E-state index in [2.05, 4.69) is 5.32 Å². The molecule has 0 radical (unpaired) electrons. The van der Waals surface area contributed by atoms with Crippen LogP contribution >= 0.6 is 11.8 Å². The number of thioether (sulfide) groups is 1. The normalized spacial score (nSPS) is 12.6. The van der Waals surface area contributed by atoms with Gasteiger partial charge in [-0.3, -0.25) is 4.79 Å². The summed E-state index contributed by atoms with van der Waals surface area (Å²) in [4.78, 5) is 13.1. The van der Waals surface area contributed by atoms with Crippen LogP contribution in [0.5, 0.6) is 0 Å². The molecule has 0 aliphatic heterocycles. The third-order valence-corrected chi connectivity index (χ3v) is 4.92. The second-order valence-electron chi connectivity index (χ2n) is 4.63. The first-order chi connectivity index (χ1) is 10.4. The van der Waals surface area contributed by atoms with Crippen LogP contribution in [0, 0.1) is 0 Å². The van der Waals surface area contributed by atoms with Crippen molar-refractivity contribution in [1.29, 1.82) is 0 Å². The highest BCUT2D eigenvalue weighted by atomic mass is 32.2. The van der Waals surface area contributed by atoms with Crippen molar-refractivity contribution in [2.45, 2.75) is 22.0 Å². The molecule has 0 fully saturated rings. The molecule has 0 heterocycles. The molecule has 5 nitrogen and oxygen atoms in total. The molecule has 3 N–H and O–H groups in total. The number of rotatable bonds is 5. The Hall–Kier alpha value is -1.83. The van der Waals surface area contributed by atoms with Crippen molar-refractivity contribution in [2.24, 2.45) is 5.14 Å². The van der Waals surface area contributed by atoms with Gasteiger partial charge in [-0.1, -0.05) is 18.2 Å². The lowest BCUT2D eigenvalue weighted by Crippen LogP contribution is -2.22. The highest BCUT2D eigenvalue weighted by molar-refractivity contribution is 8.00. The molecule has 0 spiro atoms. The summed E-state index contributed by atoms with van der Waals surface area (Å²) in [6, 6.07) is 15.4. The molecular weight excluding hydrogens is 320 g/mol. The number of benzene rings is 2. The first kappa shape index (κ1) is 16.5. The summed E-state index contributed by atoms with van der Waals surface area (Å²) in [7, 11) is -3.72. The van der Waals surface area contributed by atoms with Crippen molar-refractivity contribution in [1.82, 2.24) is 0 Å². The van der Waals surface area contributed by atoms with Gasteiger partial charge in [-0.05, 0) is 43.3 Å². The summed E-state index contributed by atoms with van der Waals surface area (Å²) in [6.07, 6.45) is 0. The zero-order chi connectivity index (χ0) is 16.2. The molecule has 7 heteroatoms. The maximum atomic E-state index is 12.1. The van der Waals surface area contributed by atoms with Crippen LogP contribution in [0.1, 0.15) is 6.92 Å². The van der Waals surface area contributed by atoms with Gasteiger partial charge in [0.2, 0.25) is 15.9 Å². The first-order valence-corrected chi connectivity index (χ1v) is 8.94. The van der Waals surface area contributed by atoms with Gasteiger partial charge in [-0.15, -0.1) is 11.8 Å². The van der Waals surface area contributed by atoms with Gasteiger partial charge in [0.05, 0.1) is 10.1 Å². The fourth-order valence-electron chi connectivity index (χ4n) is 1.73. The van der Waals surface area contributed by atoms with Crippen LogP contribution < -0.4 is 10.5 Å². The summed E-state index contributed by atoms with van der Waals surface area (Å²) >= 11 is 1.45. The summed E-state index contributed by atoms with van der Waals surface area (Å²) in [5.74, 6) is -0.155. The number of primary sulfonamides is 1. The molecule has 1 amide bonds. The minimum Gasteiger partial charge on any atom is -0.325 e. The van der Waals surface area contributed by atoms with Crippen LogP contribution in [0.4, 0.5) is 5.69 Å². The molecule has 0 saturated carbocycles. The van der Waals surface area contributed by atoms with Crippen molar-refractivity contribution < 1.29 is 13.2 Å². The molecule has 0 bridgehead atoms. The van der Waals surface area contributed by atoms with Gasteiger partial charge in [0.25, 0.3) is 0 Å². The number of anilines is 1. The summed E-state index contributed by atoms with van der Waals surface area (Å²) < 4.78 is 22.3. The molecule has 2 rings (SSSR count). The van der Waals surface area contributed by atoms with Crippen LogP contribution in [0.25, 0.3) is 0 Å². The molecule has 2 aromatic carbocycles. The average Bonchev–Trinajstić information content (AvgIpc) is 2.48. The number of sulfonamides is 1. The Balaban J connectivity index is 1.99. The fourth-order valence-corrected chi connectivity index (χ4v) is 3.13. The van der Waals surface area contributed by atoms with E-state index in [0.717, 1.165) is 4.90 Å². The fraction of sp³-hybridized carbons (Fsp3) is 0.133. The summed E-state index contributed by atoms with van der Waals surface area (Å²) in [5, 5.41) is 7.49. The lowest BCUT2D eigenvalue weighted by molar-refractivity contribution is -0.115. The van der Waals surface area contributed by atoms with Gasteiger partial charge >= 0.3 is 0 Å². The standard InChI is InChI=1S/C15H16N2O3S2/c1-11(21-13-5-3-2-4-6-13)15(18)17-12-7-9-14(10-8-12)22(16,19)20/h2-11H,1H3,(H,17,18)(H2,16,19,20). The highest BCUT2D eigenvalue weighted by Gasteiger charge is 2.15. The van der Waals surface area contributed by atoms with E-state index in [4.69, 9.17) is 5.14 Å². The van der Waals surface area contributed by atoms with Crippen molar-refractivity contribution in [3.05, 3.63) is 54.6 Å². The van der Waals surface area contributed by atoms with Gasteiger partial charge in [0, 0.05) is 10.6 Å². The molecular formula is C15H16N2O3S2. The van der Waals surface area contributed by atoms with Gasteiger partial charge < -0.3 is 5.32 Å². The van der Waals surface area contributed by atoms with Gasteiger partial charge in [0.1, 0.15) is 0 Å². The molecule has 0 aliphatic rings. The lowest BCUT2D eigenvalue weighted by atomic mass is 10.3. The zero-order valence-corrected chi connectivity index (χ0v) is 13.5. The number of nitrogens with one attached hydrogen (secondary N) is 1. The van der Waals surface area contributed by atoms with Crippen LogP contribution in [-0.4, -0.2) is 19.6 Å². The van der Waals surface area contributed by atoms with Crippen molar-refractivity contribution >= 4 is 33.4 Å². The molecule has 0 aliphatic carbocycles. The lowest BCUT2D eigenvalue weighted by Gasteiger charge is -2.12. The maximum Gasteiger partial charge on any atom is 0.238 e. The van der Waals surface area contributed by atoms with Crippen LogP contribution in [0.15, 0.2) is 64.4 Å². The predicted molar refractivity (Wildman–Crippen MR) is 88.2 cm³/mol. The molecule has 2 aromatic rings. The number of hydrogen-bond acceptors (Lipinski definition) is 4. The Morgan fingerprint density at radius 1 is 1.09 bits per heavy atom. The monoisotopic (exact) mass is 336 g/mol. The second kappa shape index (κ2) is 6.95. The maximum absolute atomic E-state index is 12.1. The molecule has 116 valence electrons. The topological polar surface area (TPSA) is 89.3 Å². The Morgan fingerprint density at radius 3 is 2.23 bits per heavy atom. The van der Waals surface area contributed by atoms with Crippen LogP contribution in [0.3, 0.4) is 0 Å². The zero-order valence-electron chi connectivity index (χ0n) is 11.9. The minimum atomic E-state index is -3.72. The van der Waals surface area contributed by atoms with E-state index >= 15 is 0 Å². The first-order valence-electron chi connectivity index (χ1n) is 6.52. The quantitative estimate of drug-likeness (QED) is 0.821. The Bertz CT molecular complexity index is 744. The van der Waals surface area contributed by atoms with E-state index in [1.807, 2.05) is 37.3 Å². The number of carbonyl (C=O) groups excluding carboxylic acids is 1. The third-order valence-electron chi connectivity index (χ3n) is 2.88. The average molecular weight is 336 g/mol. The molecule has 0 aromatic heterocycles.